The van der Waals surface area contributed by atoms with Gasteiger partial charge in [-0.1, -0.05) is 40.2 Å². The summed E-state index contributed by atoms with van der Waals surface area (Å²) in [4.78, 5) is 16.8. The monoisotopic (exact) mass is 435 g/mol. The number of piperazine rings is 1. The molecule has 1 aliphatic rings. The number of anilines is 1. The molecule has 0 atom stereocenters. The Hall–Kier alpha value is -3.11. The second kappa shape index (κ2) is 7.87. The topological polar surface area (TPSA) is 76.0 Å². The fraction of sp³-hybridized carbons (Fsp3) is 0.190. The van der Waals surface area contributed by atoms with Crippen molar-refractivity contribution in [3.63, 3.8) is 0 Å². The summed E-state index contributed by atoms with van der Waals surface area (Å²) in [6.07, 6.45) is 0. The standard InChI is InChI=1S/C21H18BrN5O/c22-17-7-5-15(6-8-17)18-13-19(25-24-18)21(28)27-11-9-26(10-12-27)20-4-2-1-3-16(20)14-23/h1-8,13H,9-12H2,(H,24,25). The lowest BCUT2D eigenvalue weighted by Gasteiger charge is -2.36. The molecule has 6 nitrogen and oxygen atoms in total. The molecular formula is C21H18BrN5O. The maximum Gasteiger partial charge on any atom is 0.272 e. The largest absolute Gasteiger partial charge is 0.367 e. The third kappa shape index (κ3) is 3.64. The number of H-pyrrole nitrogens is 1. The quantitative estimate of drug-likeness (QED) is 0.680. The number of para-hydroxylation sites is 1. The molecule has 1 amide bonds. The number of carbonyl (C=O) groups excluding carboxylic acids is 1. The zero-order valence-electron chi connectivity index (χ0n) is 15.1. The van der Waals surface area contributed by atoms with Crippen LogP contribution in [0.15, 0.2) is 59.1 Å². The summed E-state index contributed by atoms with van der Waals surface area (Å²) < 4.78 is 0.999. The zero-order valence-corrected chi connectivity index (χ0v) is 16.7. The zero-order chi connectivity index (χ0) is 19.5. The summed E-state index contributed by atoms with van der Waals surface area (Å²) in [6.45, 7) is 2.59. The Kier molecular flexibility index (Phi) is 5.13. The Morgan fingerprint density at radius 3 is 2.50 bits per heavy atom. The molecular weight excluding hydrogens is 418 g/mol. The highest BCUT2D eigenvalue weighted by molar-refractivity contribution is 9.10. The molecule has 28 heavy (non-hydrogen) atoms. The number of hydrogen-bond acceptors (Lipinski definition) is 4. The average molecular weight is 436 g/mol. The van der Waals surface area contributed by atoms with Crippen LogP contribution in [-0.4, -0.2) is 47.2 Å². The second-order valence-corrected chi connectivity index (χ2v) is 7.50. The van der Waals surface area contributed by atoms with Gasteiger partial charge >= 0.3 is 0 Å². The van der Waals surface area contributed by atoms with Crippen molar-refractivity contribution in [3.05, 3.63) is 70.3 Å². The van der Waals surface area contributed by atoms with Crippen LogP contribution in [0.5, 0.6) is 0 Å². The molecule has 1 aliphatic heterocycles. The van der Waals surface area contributed by atoms with E-state index in [1.165, 1.54) is 0 Å². The van der Waals surface area contributed by atoms with Gasteiger partial charge in [-0.25, -0.2) is 0 Å². The van der Waals surface area contributed by atoms with Gasteiger partial charge in [0.15, 0.2) is 0 Å². The molecule has 2 aromatic carbocycles. The molecule has 3 aromatic rings. The van der Waals surface area contributed by atoms with Gasteiger partial charge in [-0.3, -0.25) is 9.89 Å². The minimum atomic E-state index is -0.0518. The lowest BCUT2D eigenvalue weighted by atomic mass is 10.1. The summed E-state index contributed by atoms with van der Waals surface area (Å²) in [5.41, 5.74) is 3.78. The van der Waals surface area contributed by atoms with Crippen LogP contribution in [0.1, 0.15) is 16.1 Å². The number of halogens is 1. The molecule has 1 fully saturated rings. The van der Waals surface area contributed by atoms with Crippen LogP contribution in [0.3, 0.4) is 0 Å². The molecule has 0 aliphatic carbocycles. The Bertz CT molecular complexity index is 1030. The van der Waals surface area contributed by atoms with Crippen LogP contribution in [0.2, 0.25) is 0 Å². The second-order valence-electron chi connectivity index (χ2n) is 6.58. The number of nitrogens with zero attached hydrogens (tertiary/aromatic N) is 4. The Morgan fingerprint density at radius 2 is 1.79 bits per heavy atom. The van der Waals surface area contributed by atoms with Gasteiger partial charge in [0.25, 0.3) is 5.91 Å². The molecule has 1 N–H and O–H groups in total. The van der Waals surface area contributed by atoms with Gasteiger partial charge in [0.1, 0.15) is 11.8 Å². The number of hydrogen-bond donors (Lipinski definition) is 1. The van der Waals surface area contributed by atoms with E-state index in [9.17, 15) is 10.1 Å². The van der Waals surface area contributed by atoms with E-state index in [0.717, 1.165) is 21.4 Å². The summed E-state index contributed by atoms with van der Waals surface area (Å²) in [7, 11) is 0. The van der Waals surface area contributed by atoms with Crippen LogP contribution in [0.4, 0.5) is 5.69 Å². The third-order valence-corrected chi connectivity index (χ3v) is 5.41. The molecule has 0 radical (unpaired) electrons. The first-order valence-corrected chi connectivity index (χ1v) is 9.80. The first-order valence-electron chi connectivity index (χ1n) is 9.00. The Balaban J connectivity index is 1.43. The van der Waals surface area contributed by atoms with Crippen molar-refractivity contribution in [1.82, 2.24) is 15.1 Å². The summed E-state index contributed by atoms with van der Waals surface area (Å²) in [5.74, 6) is -0.0518. The number of nitrogens with one attached hydrogen (secondary N) is 1. The maximum absolute atomic E-state index is 12.8. The predicted molar refractivity (Wildman–Crippen MR) is 111 cm³/mol. The van der Waals surface area contributed by atoms with Crippen molar-refractivity contribution >= 4 is 27.5 Å². The molecule has 0 bridgehead atoms. The number of nitriles is 1. The number of rotatable bonds is 3. The van der Waals surface area contributed by atoms with E-state index in [1.54, 1.807) is 6.07 Å². The van der Waals surface area contributed by atoms with Gasteiger partial charge in [0, 0.05) is 36.2 Å². The van der Waals surface area contributed by atoms with Crippen LogP contribution in [0.25, 0.3) is 11.3 Å². The Labute approximate surface area is 171 Å². The number of benzene rings is 2. The average Bonchev–Trinajstić information content (AvgIpc) is 3.24. The number of amides is 1. The van der Waals surface area contributed by atoms with E-state index >= 15 is 0 Å². The van der Waals surface area contributed by atoms with Crippen molar-refractivity contribution in [2.75, 3.05) is 31.1 Å². The lowest BCUT2D eigenvalue weighted by molar-refractivity contribution is 0.0741. The first kappa shape index (κ1) is 18.3. The van der Waals surface area contributed by atoms with Crippen molar-refractivity contribution in [2.45, 2.75) is 0 Å². The van der Waals surface area contributed by atoms with Gasteiger partial charge in [-0.2, -0.15) is 10.4 Å². The Morgan fingerprint density at radius 1 is 1.07 bits per heavy atom. The highest BCUT2D eigenvalue weighted by Crippen LogP contribution is 2.23. The van der Waals surface area contributed by atoms with E-state index in [0.29, 0.717) is 37.4 Å². The third-order valence-electron chi connectivity index (χ3n) is 4.88. The van der Waals surface area contributed by atoms with E-state index in [-0.39, 0.29) is 5.91 Å². The van der Waals surface area contributed by atoms with Crippen molar-refractivity contribution in [2.24, 2.45) is 0 Å². The SMILES string of the molecule is N#Cc1ccccc1N1CCN(C(=O)c2cc(-c3ccc(Br)cc3)n[nH]2)CC1. The van der Waals surface area contributed by atoms with Gasteiger partial charge in [0.2, 0.25) is 0 Å². The highest BCUT2D eigenvalue weighted by atomic mass is 79.9. The summed E-state index contributed by atoms with van der Waals surface area (Å²) >= 11 is 3.42. The number of aromatic nitrogens is 2. The molecule has 0 saturated carbocycles. The number of aromatic amines is 1. The molecule has 1 aromatic heterocycles. The lowest BCUT2D eigenvalue weighted by Crippen LogP contribution is -2.49. The molecule has 140 valence electrons. The molecule has 7 heteroatoms. The highest BCUT2D eigenvalue weighted by Gasteiger charge is 2.24. The van der Waals surface area contributed by atoms with Crippen LogP contribution in [0, 0.1) is 11.3 Å². The molecule has 0 spiro atoms. The fourth-order valence-corrected chi connectivity index (χ4v) is 3.63. The first-order chi connectivity index (χ1) is 13.7. The smallest absolute Gasteiger partial charge is 0.272 e. The van der Waals surface area contributed by atoms with Crippen molar-refractivity contribution in [3.8, 4) is 17.3 Å². The normalized spacial score (nSPS) is 14.0. The molecule has 1 saturated heterocycles. The van der Waals surface area contributed by atoms with Crippen LogP contribution in [-0.2, 0) is 0 Å². The summed E-state index contributed by atoms with van der Waals surface area (Å²) in [5, 5.41) is 16.4. The maximum atomic E-state index is 12.8. The van der Waals surface area contributed by atoms with Crippen molar-refractivity contribution in [1.29, 1.82) is 5.26 Å². The van der Waals surface area contributed by atoms with Gasteiger partial charge < -0.3 is 9.80 Å². The minimum absolute atomic E-state index is 0.0518. The van der Waals surface area contributed by atoms with Gasteiger partial charge in [-0.15, -0.1) is 0 Å². The molecule has 4 rings (SSSR count). The van der Waals surface area contributed by atoms with E-state index in [4.69, 9.17) is 0 Å². The van der Waals surface area contributed by atoms with Gasteiger partial charge in [0.05, 0.1) is 16.9 Å². The van der Waals surface area contributed by atoms with E-state index in [2.05, 4.69) is 37.1 Å². The van der Waals surface area contributed by atoms with Crippen molar-refractivity contribution < 1.29 is 4.79 Å². The van der Waals surface area contributed by atoms with Crippen LogP contribution >= 0.6 is 15.9 Å². The predicted octanol–water partition coefficient (Wildman–Crippen LogP) is 3.67. The van der Waals surface area contributed by atoms with E-state index < -0.39 is 0 Å². The van der Waals surface area contributed by atoms with E-state index in [1.807, 2.05) is 53.4 Å². The van der Waals surface area contributed by atoms with Gasteiger partial charge in [-0.05, 0) is 30.3 Å². The number of carbonyl (C=O) groups is 1. The molecule has 2 heterocycles. The molecule has 0 unspecified atom stereocenters. The van der Waals surface area contributed by atoms with Crippen LogP contribution < -0.4 is 4.90 Å². The fourth-order valence-electron chi connectivity index (χ4n) is 3.36. The minimum Gasteiger partial charge on any atom is -0.367 e. The summed E-state index contributed by atoms with van der Waals surface area (Å²) in [6, 6.07) is 19.4.